The number of rotatable bonds is 7. The van der Waals surface area contributed by atoms with Gasteiger partial charge >= 0.3 is 0 Å². The fraction of sp³-hybridized carbons (Fsp3) is 0.120. The second kappa shape index (κ2) is 9.48. The fourth-order valence-corrected chi connectivity index (χ4v) is 4.64. The molecule has 1 amide bonds. The van der Waals surface area contributed by atoms with Crippen LogP contribution in [0.1, 0.15) is 34.6 Å². The molecular weight excluding hydrogens is 455 g/mol. The molecule has 1 heterocycles. The van der Waals surface area contributed by atoms with Gasteiger partial charge < -0.3 is 5.32 Å². The van der Waals surface area contributed by atoms with Crippen molar-refractivity contribution in [1.29, 1.82) is 0 Å². The van der Waals surface area contributed by atoms with Crippen LogP contribution in [0.3, 0.4) is 0 Å². The van der Waals surface area contributed by atoms with Crippen LogP contribution in [-0.2, 0) is 10.0 Å². The minimum atomic E-state index is -4.01. The molecule has 1 atom stereocenters. The predicted octanol–water partition coefficient (Wildman–Crippen LogP) is 4.61. The van der Waals surface area contributed by atoms with Gasteiger partial charge in [0.25, 0.3) is 15.9 Å². The van der Waals surface area contributed by atoms with E-state index in [1.165, 1.54) is 42.5 Å². The number of nitrogens with zero attached hydrogens (tertiary/aromatic N) is 2. The highest BCUT2D eigenvalue weighted by Crippen LogP contribution is 2.22. The number of anilines is 1. The molecule has 1 aromatic heterocycles. The summed E-state index contributed by atoms with van der Waals surface area (Å²) in [4.78, 5) is 12.7. The van der Waals surface area contributed by atoms with Gasteiger partial charge in [0.05, 0.1) is 28.5 Å². The molecule has 0 spiro atoms. The molecule has 34 heavy (non-hydrogen) atoms. The van der Waals surface area contributed by atoms with Crippen molar-refractivity contribution in [2.45, 2.75) is 24.8 Å². The number of amides is 1. The van der Waals surface area contributed by atoms with Gasteiger partial charge in [-0.3, -0.25) is 9.52 Å². The summed E-state index contributed by atoms with van der Waals surface area (Å²) in [6, 6.07) is 20.3. The molecule has 0 aliphatic rings. The molecule has 0 radical (unpaired) electrons. The molecular formula is C25H23FN4O3S. The fourth-order valence-electron chi connectivity index (χ4n) is 3.57. The number of sulfonamides is 1. The Labute approximate surface area is 197 Å². The number of hydrogen-bond donors (Lipinski definition) is 2. The minimum absolute atomic E-state index is 0.0830. The minimum Gasteiger partial charge on any atom is -0.345 e. The Kier molecular flexibility index (Phi) is 6.47. The Morgan fingerprint density at radius 3 is 2.29 bits per heavy atom. The van der Waals surface area contributed by atoms with E-state index in [0.717, 1.165) is 23.0 Å². The quantitative estimate of drug-likeness (QED) is 0.406. The largest absolute Gasteiger partial charge is 0.345 e. The van der Waals surface area contributed by atoms with Crippen molar-refractivity contribution < 1.29 is 17.6 Å². The lowest BCUT2D eigenvalue weighted by atomic mass is 10.1. The van der Waals surface area contributed by atoms with E-state index in [-0.39, 0.29) is 22.5 Å². The zero-order chi connectivity index (χ0) is 24.3. The molecule has 0 bridgehead atoms. The van der Waals surface area contributed by atoms with Crippen molar-refractivity contribution in [1.82, 2.24) is 15.1 Å². The van der Waals surface area contributed by atoms with Gasteiger partial charge in [-0.2, -0.15) is 5.10 Å². The lowest BCUT2D eigenvalue weighted by Gasteiger charge is -2.15. The first-order valence-electron chi connectivity index (χ1n) is 10.5. The van der Waals surface area contributed by atoms with Crippen LogP contribution in [0, 0.1) is 12.7 Å². The van der Waals surface area contributed by atoms with Crippen LogP contribution in [0.5, 0.6) is 0 Å². The van der Waals surface area contributed by atoms with Gasteiger partial charge in [0.15, 0.2) is 0 Å². The summed E-state index contributed by atoms with van der Waals surface area (Å²) in [5.41, 5.74) is 2.84. The van der Waals surface area contributed by atoms with Crippen LogP contribution in [0.25, 0.3) is 5.69 Å². The predicted molar refractivity (Wildman–Crippen MR) is 128 cm³/mol. The Morgan fingerprint density at radius 1 is 0.971 bits per heavy atom. The summed E-state index contributed by atoms with van der Waals surface area (Å²) >= 11 is 0. The molecule has 4 rings (SSSR count). The van der Waals surface area contributed by atoms with Crippen molar-refractivity contribution in [3.63, 3.8) is 0 Å². The zero-order valence-electron chi connectivity index (χ0n) is 18.6. The van der Waals surface area contributed by atoms with Gasteiger partial charge in [-0.1, -0.05) is 30.3 Å². The number of benzene rings is 3. The number of halogens is 1. The van der Waals surface area contributed by atoms with Crippen LogP contribution in [0.15, 0.2) is 90.0 Å². The second-order valence-electron chi connectivity index (χ2n) is 7.74. The number of nitrogens with one attached hydrogen (secondary N) is 2. The summed E-state index contributed by atoms with van der Waals surface area (Å²) in [7, 11) is -4.01. The number of carbonyl (C=O) groups excluding carboxylic acids is 1. The van der Waals surface area contributed by atoms with Crippen LogP contribution < -0.4 is 10.0 Å². The van der Waals surface area contributed by atoms with E-state index in [1.54, 1.807) is 10.9 Å². The van der Waals surface area contributed by atoms with Crippen molar-refractivity contribution in [3.8, 4) is 5.69 Å². The first kappa shape index (κ1) is 23.2. The normalized spacial score (nSPS) is 12.2. The summed E-state index contributed by atoms with van der Waals surface area (Å²) < 4.78 is 43.0. The molecule has 174 valence electrons. The van der Waals surface area contributed by atoms with Crippen molar-refractivity contribution in [3.05, 3.63) is 108 Å². The summed E-state index contributed by atoms with van der Waals surface area (Å²) in [6.07, 6.45) is 1.72. The molecule has 3 aromatic carbocycles. The van der Waals surface area contributed by atoms with Gasteiger partial charge in [-0.05, 0) is 62.4 Å². The van der Waals surface area contributed by atoms with Crippen molar-refractivity contribution in [2.75, 3.05) is 4.72 Å². The first-order valence-corrected chi connectivity index (χ1v) is 12.0. The maximum atomic E-state index is 13.8. The molecule has 0 saturated carbocycles. The van der Waals surface area contributed by atoms with Gasteiger partial charge in [0.2, 0.25) is 0 Å². The SMILES string of the molecule is Cc1c(C(C)NC(=O)c2ccc(S(=O)(=O)Nc3ccccc3F)cc2)cnn1-c1ccccc1. The molecule has 0 aliphatic carbocycles. The maximum absolute atomic E-state index is 13.8. The lowest BCUT2D eigenvalue weighted by Crippen LogP contribution is -2.27. The lowest BCUT2D eigenvalue weighted by molar-refractivity contribution is 0.0939. The van der Waals surface area contributed by atoms with E-state index in [4.69, 9.17) is 0 Å². The van der Waals surface area contributed by atoms with E-state index in [9.17, 15) is 17.6 Å². The third kappa shape index (κ3) is 4.84. The molecule has 9 heteroatoms. The molecule has 1 unspecified atom stereocenters. The van der Waals surface area contributed by atoms with Gasteiger partial charge in [-0.25, -0.2) is 17.5 Å². The number of hydrogen-bond acceptors (Lipinski definition) is 4. The van der Waals surface area contributed by atoms with Crippen LogP contribution in [0.4, 0.5) is 10.1 Å². The van der Waals surface area contributed by atoms with E-state index < -0.39 is 15.8 Å². The molecule has 0 fully saturated rings. The highest BCUT2D eigenvalue weighted by atomic mass is 32.2. The zero-order valence-corrected chi connectivity index (χ0v) is 19.4. The Bertz CT molecular complexity index is 1420. The smallest absolute Gasteiger partial charge is 0.261 e. The molecule has 2 N–H and O–H groups in total. The summed E-state index contributed by atoms with van der Waals surface area (Å²) in [6.45, 7) is 3.79. The van der Waals surface area contributed by atoms with E-state index in [2.05, 4.69) is 15.1 Å². The topological polar surface area (TPSA) is 93.1 Å². The van der Waals surface area contributed by atoms with E-state index in [0.29, 0.717) is 5.56 Å². The van der Waals surface area contributed by atoms with Gasteiger partial charge in [0, 0.05) is 16.8 Å². The average molecular weight is 479 g/mol. The highest BCUT2D eigenvalue weighted by Gasteiger charge is 2.19. The van der Waals surface area contributed by atoms with Crippen LogP contribution in [-0.4, -0.2) is 24.1 Å². The Hall–Kier alpha value is -3.98. The Morgan fingerprint density at radius 2 is 1.62 bits per heavy atom. The molecule has 0 saturated heterocycles. The number of para-hydroxylation sites is 2. The standard InChI is InChI=1S/C25H23FN4O3S/c1-17(22-16-27-30(18(22)2)20-8-4-3-5-9-20)28-25(31)19-12-14-21(15-13-19)34(32,33)29-24-11-7-6-10-23(24)26/h3-17,29H,1-2H3,(H,28,31). The van der Waals surface area contributed by atoms with Gasteiger partial charge in [-0.15, -0.1) is 0 Å². The van der Waals surface area contributed by atoms with E-state index >= 15 is 0 Å². The highest BCUT2D eigenvalue weighted by molar-refractivity contribution is 7.92. The second-order valence-corrected chi connectivity index (χ2v) is 9.42. The van der Waals surface area contributed by atoms with Crippen molar-refractivity contribution in [2.24, 2.45) is 0 Å². The van der Waals surface area contributed by atoms with Crippen LogP contribution >= 0.6 is 0 Å². The Balaban J connectivity index is 1.46. The summed E-state index contributed by atoms with van der Waals surface area (Å²) in [5.74, 6) is -1.03. The number of aromatic nitrogens is 2. The van der Waals surface area contributed by atoms with E-state index in [1.807, 2.05) is 44.2 Å². The monoisotopic (exact) mass is 478 g/mol. The third-order valence-corrected chi connectivity index (χ3v) is 6.79. The maximum Gasteiger partial charge on any atom is 0.261 e. The molecule has 0 aliphatic heterocycles. The summed E-state index contributed by atoms with van der Waals surface area (Å²) in [5, 5.41) is 7.35. The third-order valence-electron chi connectivity index (χ3n) is 5.41. The first-order chi connectivity index (χ1) is 16.3. The average Bonchev–Trinajstić information content (AvgIpc) is 3.22. The molecule has 7 nitrogen and oxygen atoms in total. The number of carbonyl (C=O) groups is 1. The van der Waals surface area contributed by atoms with Crippen molar-refractivity contribution >= 4 is 21.6 Å². The van der Waals surface area contributed by atoms with Crippen LogP contribution in [0.2, 0.25) is 0 Å². The molecule has 4 aromatic rings. The van der Waals surface area contributed by atoms with Gasteiger partial charge in [0.1, 0.15) is 5.82 Å².